The molecule has 0 amide bonds. The van der Waals surface area contributed by atoms with Crippen molar-refractivity contribution in [1.82, 2.24) is 5.32 Å². The Bertz CT molecular complexity index is 820. The van der Waals surface area contributed by atoms with Gasteiger partial charge in [0, 0.05) is 32.9 Å². The average Bonchev–Trinajstić information content (AvgIpc) is 2.52. The summed E-state index contributed by atoms with van der Waals surface area (Å²) in [7, 11) is 1.38. The minimum absolute atomic E-state index is 0.0830. The van der Waals surface area contributed by atoms with Gasteiger partial charge in [0.2, 0.25) is 0 Å². The molecule has 0 aromatic heterocycles. The lowest BCUT2D eigenvalue weighted by molar-refractivity contribution is -0.136. The van der Waals surface area contributed by atoms with Gasteiger partial charge in [-0.25, -0.2) is 4.79 Å². The van der Waals surface area contributed by atoms with E-state index in [2.05, 4.69) is 41.8 Å². The number of rotatable bonds is 2. The number of hydrogen-bond donors (Lipinski definition) is 1. The van der Waals surface area contributed by atoms with Gasteiger partial charge >= 0.3 is 5.97 Å². The SMILES string of the molecule is COC(=O)C1=C(C)NC2=C(C(=O)CC(C)(C)C2)[C@@H]1c1ccccc1I. The third kappa shape index (κ3) is 3.26. The fourth-order valence-electron chi connectivity index (χ4n) is 3.84. The third-order valence-electron chi connectivity index (χ3n) is 4.86. The normalized spacial score (nSPS) is 22.4. The van der Waals surface area contributed by atoms with Crippen LogP contribution in [0.4, 0.5) is 0 Å². The highest BCUT2D eigenvalue weighted by Crippen LogP contribution is 2.47. The van der Waals surface area contributed by atoms with Crippen LogP contribution in [0, 0.1) is 8.99 Å². The number of Topliss-reactive ketones (excluding diaryl/α,β-unsaturated/α-hetero) is 1. The summed E-state index contributed by atoms with van der Waals surface area (Å²) in [5.74, 6) is -0.656. The summed E-state index contributed by atoms with van der Waals surface area (Å²) in [5, 5.41) is 3.32. The molecule has 1 heterocycles. The molecule has 1 aliphatic heterocycles. The maximum absolute atomic E-state index is 13.0. The molecule has 5 heteroatoms. The zero-order valence-electron chi connectivity index (χ0n) is 14.9. The topological polar surface area (TPSA) is 55.4 Å². The fourth-order valence-corrected chi connectivity index (χ4v) is 4.54. The van der Waals surface area contributed by atoms with Gasteiger partial charge < -0.3 is 10.1 Å². The second-order valence-corrected chi connectivity index (χ2v) is 8.61. The Hall–Kier alpha value is -1.63. The van der Waals surface area contributed by atoms with E-state index in [0.717, 1.165) is 32.5 Å². The van der Waals surface area contributed by atoms with Crippen molar-refractivity contribution in [1.29, 1.82) is 0 Å². The predicted octanol–water partition coefficient (Wildman–Crippen LogP) is 4.07. The minimum atomic E-state index is -0.390. The zero-order chi connectivity index (χ0) is 18.4. The standard InChI is InChI=1S/C20H22INO3/c1-11-16(19(24)25-4)17(12-7-5-6-8-13(12)21)18-14(22-11)9-20(2,3)10-15(18)23/h5-8,17,22H,9-10H2,1-4H3/t17-/m1/s1. The lowest BCUT2D eigenvalue weighted by Gasteiger charge is -2.39. The van der Waals surface area contributed by atoms with Crippen molar-refractivity contribution < 1.29 is 14.3 Å². The number of ketones is 1. The van der Waals surface area contributed by atoms with E-state index in [-0.39, 0.29) is 23.1 Å². The van der Waals surface area contributed by atoms with Crippen LogP contribution in [-0.4, -0.2) is 18.9 Å². The molecule has 0 fully saturated rings. The third-order valence-corrected chi connectivity index (χ3v) is 5.84. The Kier molecular flexibility index (Phi) is 4.79. The molecule has 0 spiro atoms. The Morgan fingerprint density at radius 3 is 2.60 bits per heavy atom. The van der Waals surface area contributed by atoms with E-state index in [1.807, 2.05) is 31.2 Å². The second kappa shape index (κ2) is 6.59. The molecule has 1 aromatic rings. The van der Waals surface area contributed by atoms with E-state index in [9.17, 15) is 9.59 Å². The van der Waals surface area contributed by atoms with E-state index >= 15 is 0 Å². The van der Waals surface area contributed by atoms with E-state index in [1.54, 1.807) is 0 Å². The van der Waals surface area contributed by atoms with E-state index in [4.69, 9.17) is 4.74 Å². The van der Waals surface area contributed by atoms with Crippen LogP contribution in [-0.2, 0) is 14.3 Å². The number of nitrogens with one attached hydrogen (secondary N) is 1. The molecule has 2 aliphatic rings. The van der Waals surface area contributed by atoms with Crippen molar-refractivity contribution in [2.24, 2.45) is 5.41 Å². The highest BCUT2D eigenvalue weighted by atomic mass is 127. The van der Waals surface area contributed by atoms with Crippen molar-refractivity contribution in [3.63, 3.8) is 0 Å². The molecule has 1 atom stereocenters. The maximum Gasteiger partial charge on any atom is 0.336 e. The summed E-state index contributed by atoms with van der Waals surface area (Å²) in [5.41, 5.74) is 3.84. The zero-order valence-corrected chi connectivity index (χ0v) is 17.1. The quantitative estimate of drug-likeness (QED) is 0.544. The molecule has 0 saturated heterocycles. The van der Waals surface area contributed by atoms with Gasteiger partial charge in [-0.1, -0.05) is 32.0 Å². The number of dihydropyridines is 1. The molecule has 132 valence electrons. The highest BCUT2D eigenvalue weighted by molar-refractivity contribution is 14.1. The first-order valence-corrected chi connectivity index (χ1v) is 9.40. The maximum atomic E-state index is 13.0. The van der Waals surface area contributed by atoms with Gasteiger partial charge in [-0.2, -0.15) is 0 Å². The van der Waals surface area contributed by atoms with Crippen LogP contribution in [0.1, 0.15) is 45.1 Å². The molecule has 1 aliphatic carbocycles. The number of halogens is 1. The highest BCUT2D eigenvalue weighted by Gasteiger charge is 2.43. The Balaban J connectivity index is 2.24. The van der Waals surface area contributed by atoms with Gasteiger partial charge in [-0.3, -0.25) is 4.79 Å². The van der Waals surface area contributed by atoms with E-state index < -0.39 is 0 Å². The first kappa shape index (κ1) is 18.2. The Labute approximate surface area is 161 Å². The van der Waals surface area contributed by atoms with Gasteiger partial charge in [0.25, 0.3) is 0 Å². The number of benzene rings is 1. The Morgan fingerprint density at radius 2 is 1.96 bits per heavy atom. The molecule has 0 unspecified atom stereocenters. The fraction of sp³-hybridized carbons (Fsp3) is 0.400. The summed E-state index contributed by atoms with van der Waals surface area (Å²) < 4.78 is 6.07. The van der Waals surface area contributed by atoms with Crippen molar-refractivity contribution >= 4 is 34.3 Å². The molecule has 4 nitrogen and oxygen atoms in total. The van der Waals surface area contributed by atoms with Crippen LogP contribution in [0.2, 0.25) is 0 Å². The summed E-state index contributed by atoms with van der Waals surface area (Å²) in [6.07, 6.45) is 1.28. The molecular weight excluding hydrogens is 429 g/mol. The van der Waals surface area contributed by atoms with Crippen LogP contribution in [0.25, 0.3) is 0 Å². The summed E-state index contributed by atoms with van der Waals surface area (Å²) in [6, 6.07) is 7.90. The summed E-state index contributed by atoms with van der Waals surface area (Å²) in [4.78, 5) is 25.6. The van der Waals surface area contributed by atoms with Crippen molar-refractivity contribution in [2.75, 3.05) is 7.11 Å². The van der Waals surface area contributed by atoms with Crippen molar-refractivity contribution in [3.8, 4) is 0 Å². The molecule has 0 saturated carbocycles. The first-order valence-electron chi connectivity index (χ1n) is 8.32. The molecule has 3 rings (SSSR count). The van der Waals surface area contributed by atoms with Crippen LogP contribution in [0.3, 0.4) is 0 Å². The molecule has 25 heavy (non-hydrogen) atoms. The van der Waals surface area contributed by atoms with Gasteiger partial charge in [0.05, 0.1) is 12.7 Å². The van der Waals surface area contributed by atoms with Gasteiger partial charge in [0.1, 0.15) is 0 Å². The number of carbonyl (C=O) groups is 2. The molecular formula is C20H22INO3. The number of methoxy groups -OCH3 is 1. The summed E-state index contributed by atoms with van der Waals surface area (Å²) in [6.45, 7) is 6.09. The van der Waals surface area contributed by atoms with Gasteiger partial charge in [0.15, 0.2) is 5.78 Å². The van der Waals surface area contributed by atoms with Crippen LogP contribution in [0.15, 0.2) is 46.8 Å². The van der Waals surface area contributed by atoms with Gasteiger partial charge in [-0.05, 0) is 53.0 Å². The molecule has 1 aromatic carbocycles. The van der Waals surface area contributed by atoms with E-state index in [0.29, 0.717) is 12.0 Å². The molecule has 1 N–H and O–H groups in total. The van der Waals surface area contributed by atoms with Crippen LogP contribution in [0.5, 0.6) is 0 Å². The molecule has 0 bridgehead atoms. The largest absolute Gasteiger partial charge is 0.466 e. The monoisotopic (exact) mass is 451 g/mol. The smallest absolute Gasteiger partial charge is 0.336 e. The van der Waals surface area contributed by atoms with Crippen LogP contribution < -0.4 is 5.32 Å². The van der Waals surface area contributed by atoms with E-state index in [1.165, 1.54) is 7.11 Å². The lowest BCUT2D eigenvalue weighted by Crippen LogP contribution is -2.38. The lowest BCUT2D eigenvalue weighted by atomic mass is 9.68. The van der Waals surface area contributed by atoms with Crippen molar-refractivity contribution in [2.45, 2.75) is 39.5 Å². The van der Waals surface area contributed by atoms with Crippen LogP contribution >= 0.6 is 22.6 Å². The number of carbonyl (C=O) groups excluding carboxylic acids is 2. The first-order chi connectivity index (χ1) is 11.7. The summed E-state index contributed by atoms with van der Waals surface area (Å²) >= 11 is 2.26. The Morgan fingerprint density at radius 1 is 1.28 bits per heavy atom. The number of hydrogen-bond acceptors (Lipinski definition) is 4. The number of allylic oxidation sites excluding steroid dienone is 3. The molecule has 0 radical (unpaired) electrons. The minimum Gasteiger partial charge on any atom is -0.466 e. The number of ether oxygens (including phenoxy) is 1. The average molecular weight is 451 g/mol. The van der Waals surface area contributed by atoms with Gasteiger partial charge in [-0.15, -0.1) is 0 Å². The predicted molar refractivity (Wildman–Crippen MR) is 105 cm³/mol. The number of esters is 1. The van der Waals surface area contributed by atoms with Crippen molar-refractivity contribution in [3.05, 3.63) is 55.9 Å². The second-order valence-electron chi connectivity index (χ2n) is 7.44.